The summed E-state index contributed by atoms with van der Waals surface area (Å²) in [6.07, 6.45) is -2.32. The molecular formula is C20H15F3N2O2. The normalized spacial score (nSPS) is 16.3. The van der Waals surface area contributed by atoms with Crippen molar-refractivity contribution in [1.82, 2.24) is 0 Å². The number of anilines is 1. The third kappa shape index (κ3) is 4.29. The first-order valence-electron chi connectivity index (χ1n) is 8.16. The lowest BCUT2D eigenvalue weighted by molar-refractivity contribution is -0.137. The Labute approximate surface area is 153 Å². The van der Waals surface area contributed by atoms with E-state index in [2.05, 4.69) is 5.32 Å². The molecule has 0 aromatic heterocycles. The molecule has 1 atom stereocenters. The standard InChI is InChI=1S/C20H15F3N2O2/c1-12-7-14-8-13(5-6-18(14)27-12)9-15(11-24)19(26)25-17-4-2-3-16(10-17)20(21,22)23/h2-6,8-10,12H,7H2,1H3,(H,25,26)/b15-9+/t12-/m0/s1. The molecule has 1 N–H and O–H groups in total. The highest BCUT2D eigenvalue weighted by Crippen LogP contribution is 2.31. The fourth-order valence-corrected chi connectivity index (χ4v) is 2.82. The minimum absolute atomic E-state index is 0.0350. The van der Waals surface area contributed by atoms with Crippen LogP contribution in [-0.4, -0.2) is 12.0 Å². The Morgan fingerprint density at radius 2 is 2.07 bits per heavy atom. The average Bonchev–Trinajstić information content (AvgIpc) is 2.98. The number of carbonyl (C=O) groups is 1. The van der Waals surface area contributed by atoms with E-state index in [4.69, 9.17) is 4.74 Å². The molecular weight excluding hydrogens is 357 g/mol. The monoisotopic (exact) mass is 372 g/mol. The number of nitrogens with one attached hydrogen (secondary N) is 1. The highest BCUT2D eigenvalue weighted by atomic mass is 19.4. The van der Waals surface area contributed by atoms with Gasteiger partial charge in [-0.2, -0.15) is 18.4 Å². The number of nitriles is 1. The summed E-state index contributed by atoms with van der Waals surface area (Å²) in [6, 6.07) is 11.3. The van der Waals surface area contributed by atoms with Gasteiger partial charge in [0.25, 0.3) is 5.91 Å². The van der Waals surface area contributed by atoms with E-state index in [0.717, 1.165) is 29.9 Å². The van der Waals surface area contributed by atoms with Gasteiger partial charge in [0.05, 0.1) is 5.56 Å². The molecule has 0 spiro atoms. The summed E-state index contributed by atoms with van der Waals surface area (Å²) in [5, 5.41) is 11.6. The lowest BCUT2D eigenvalue weighted by Gasteiger charge is -2.09. The third-order valence-electron chi connectivity index (χ3n) is 4.04. The molecule has 2 aromatic rings. The fraction of sp³-hybridized carbons (Fsp3) is 0.200. The lowest BCUT2D eigenvalue weighted by Crippen LogP contribution is -2.14. The molecule has 1 aliphatic rings. The second kappa shape index (κ2) is 7.16. The van der Waals surface area contributed by atoms with Gasteiger partial charge in [0.15, 0.2) is 0 Å². The summed E-state index contributed by atoms with van der Waals surface area (Å²) in [7, 11) is 0. The zero-order chi connectivity index (χ0) is 19.6. The number of rotatable bonds is 3. The van der Waals surface area contributed by atoms with Gasteiger partial charge in [-0.05, 0) is 54.5 Å². The van der Waals surface area contributed by atoms with Gasteiger partial charge < -0.3 is 10.1 Å². The van der Waals surface area contributed by atoms with Crippen LogP contribution in [0, 0.1) is 11.3 Å². The summed E-state index contributed by atoms with van der Waals surface area (Å²) in [5.41, 5.74) is 0.496. The van der Waals surface area contributed by atoms with Crippen LogP contribution < -0.4 is 10.1 Å². The highest BCUT2D eigenvalue weighted by molar-refractivity contribution is 6.09. The number of nitrogens with zero attached hydrogens (tertiary/aromatic N) is 1. The van der Waals surface area contributed by atoms with Gasteiger partial charge in [0.1, 0.15) is 23.5 Å². The van der Waals surface area contributed by atoms with Gasteiger partial charge in [-0.25, -0.2) is 0 Å². The molecule has 27 heavy (non-hydrogen) atoms. The molecule has 0 bridgehead atoms. The van der Waals surface area contributed by atoms with Crippen LogP contribution >= 0.6 is 0 Å². The molecule has 1 amide bonds. The quantitative estimate of drug-likeness (QED) is 0.634. The molecule has 138 valence electrons. The maximum Gasteiger partial charge on any atom is 0.416 e. The topological polar surface area (TPSA) is 62.1 Å². The molecule has 3 rings (SSSR count). The first-order chi connectivity index (χ1) is 12.8. The van der Waals surface area contributed by atoms with Crippen molar-refractivity contribution in [1.29, 1.82) is 5.26 Å². The van der Waals surface area contributed by atoms with Gasteiger partial charge in [-0.1, -0.05) is 12.1 Å². The Hall–Kier alpha value is -3.27. The van der Waals surface area contributed by atoms with E-state index in [-0.39, 0.29) is 17.4 Å². The molecule has 0 saturated carbocycles. The van der Waals surface area contributed by atoms with Crippen molar-refractivity contribution < 1.29 is 22.7 Å². The molecule has 4 nitrogen and oxygen atoms in total. The van der Waals surface area contributed by atoms with Crippen LogP contribution in [0.2, 0.25) is 0 Å². The molecule has 7 heteroatoms. The van der Waals surface area contributed by atoms with E-state index in [1.165, 1.54) is 18.2 Å². The average molecular weight is 372 g/mol. The summed E-state index contributed by atoms with van der Waals surface area (Å²) < 4.78 is 43.9. The van der Waals surface area contributed by atoms with Crippen molar-refractivity contribution >= 4 is 17.7 Å². The van der Waals surface area contributed by atoms with Crippen LogP contribution in [0.25, 0.3) is 6.08 Å². The number of carbonyl (C=O) groups excluding carboxylic acids is 1. The number of alkyl halides is 3. The second-order valence-electron chi connectivity index (χ2n) is 6.20. The molecule has 0 unspecified atom stereocenters. The lowest BCUT2D eigenvalue weighted by atomic mass is 10.0. The first-order valence-corrected chi connectivity index (χ1v) is 8.16. The predicted octanol–water partition coefficient (Wildman–Crippen LogP) is 4.57. The maximum absolute atomic E-state index is 12.8. The van der Waals surface area contributed by atoms with Crippen LogP contribution in [0.15, 0.2) is 48.0 Å². The minimum atomic E-state index is -4.52. The van der Waals surface area contributed by atoms with Gasteiger partial charge in [0, 0.05) is 12.1 Å². The molecule has 0 radical (unpaired) electrons. The maximum atomic E-state index is 12.8. The van der Waals surface area contributed by atoms with Crippen LogP contribution in [0.4, 0.5) is 18.9 Å². The van der Waals surface area contributed by atoms with E-state index < -0.39 is 17.6 Å². The Morgan fingerprint density at radius 3 is 2.78 bits per heavy atom. The van der Waals surface area contributed by atoms with Crippen molar-refractivity contribution in [3.05, 3.63) is 64.7 Å². The van der Waals surface area contributed by atoms with Crippen molar-refractivity contribution in [2.75, 3.05) is 5.32 Å². The number of hydrogen-bond donors (Lipinski definition) is 1. The van der Waals surface area contributed by atoms with E-state index in [1.807, 2.05) is 13.0 Å². The number of fused-ring (bicyclic) bond motifs is 1. The summed E-state index contributed by atoms with van der Waals surface area (Å²) >= 11 is 0. The number of amides is 1. The van der Waals surface area contributed by atoms with Crippen LogP contribution in [0.1, 0.15) is 23.6 Å². The van der Waals surface area contributed by atoms with Crippen LogP contribution in [0.3, 0.4) is 0 Å². The first kappa shape index (κ1) is 18.5. The predicted molar refractivity (Wildman–Crippen MR) is 93.9 cm³/mol. The van der Waals surface area contributed by atoms with E-state index in [9.17, 15) is 23.2 Å². The zero-order valence-electron chi connectivity index (χ0n) is 14.3. The van der Waals surface area contributed by atoms with E-state index in [1.54, 1.807) is 18.2 Å². The Bertz CT molecular complexity index is 958. The van der Waals surface area contributed by atoms with E-state index >= 15 is 0 Å². The molecule has 0 aliphatic carbocycles. The third-order valence-corrected chi connectivity index (χ3v) is 4.04. The molecule has 0 fully saturated rings. The summed E-state index contributed by atoms with van der Waals surface area (Å²) in [5.74, 6) is -0.00600. The number of ether oxygens (including phenoxy) is 1. The SMILES string of the molecule is C[C@H]1Cc2cc(/C=C(\C#N)C(=O)Nc3cccc(C(F)(F)F)c3)ccc2O1. The number of halogens is 3. The van der Waals surface area contributed by atoms with Crippen molar-refractivity contribution in [3.8, 4) is 11.8 Å². The number of hydrogen-bond acceptors (Lipinski definition) is 3. The van der Waals surface area contributed by atoms with Crippen molar-refractivity contribution in [3.63, 3.8) is 0 Å². The summed E-state index contributed by atoms with van der Waals surface area (Å²) in [6.45, 7) is 1.94. The minimum Gasteiger partial charge on any atom is -0.490 e. The molecule has 1 heterocycles. The molecule has 0 saturated heterocycles. The number of benzene rings is 2. The fourth-order valence-electron chi connectivity index (χ4n) is 2.82. The Balaban J connectivity index is 1.80. The van der Waals surface area contributed by atoms with Crippen LogP contribution in [0.5, 0.6) is 5.75 Å². The van der Waals surface area contributed by atoms with E-state index in [0.29, 0.717) is 5.56 Å². The Kier molecular flexibility index (Phi) is 4.91. The van der Waals surface area contributed by atoms with Gasteiger partial charge in [-0.3, -0.25) is 4.79 Å². The largest absolute Gasteiger partial charge is 0.490 e. The molecule has 2 aromatic carbocycles. The summed E-state index contributed by atoms with van der Waals surface area (Å²) in [4.78, 5) is 12.3. The second-order valence-corrected chi connectivity index (χ2v) is 6.20. The van der Waals surface area contributed by atoms with Crippen LogP contribution in [-0.2, 0) is 17.4 Å². The van der Waals surface area contributed by atoms with Gasteiger partial charge >= 0.3 is 6.18 Å². The molecule has 1 aliphatic heterocycles. The highest BCUT2D eigenvalue weighted by Gasteiger charge is 2.30. The van der Waals surface area contributed by atoms with Gasteiger partial charge in [0.2, 0.25) is 0 Å². The van der Waals surface area contributed by atoms with Crippen molar-refractivity contribution in [2.45, 2.75) is 25.6 Å². The zero-order valence-corrected chi connectivity index (χ0v) is 14.3. The van der Waals surface area contributed by atoms with Gasteiger partial charge in [-0.15, -0.1) is 0 Å². The van der Waals surface area contributed by atoms with Crippen molar-refractivity contribution in [2.24, 2.45) is 0 Å². The Morgan fingerprint density at radius 1 is 1.30 bits per heavy atom. The smallest absolute Gasteiger partial charge is 0.416 e.